The fraction of sp³-hybridized carbons (Fsp3) is 0.500. The van der Waals surface area contributed by atoms with Gasteiger partial charge >= 0.3 is 5.69 Å². The number of halogens is 2. The smallest absolute Gasteiger partial charge is 0.324 e. The van der Waals surface area contributed by atoms with Crippen molar-refractivity contribution in [2.45, 2.75) is 37.1 Å². The Kier molecular flexibility index (Phi) is 8.46. The molecule has 0 amide bonds. The first kappa shape index (κ1) is 20.7. The summed E-state index contributed by atoms with van der Waals surface area (Å²) in [7, 11) is -4.21. The summed E-state index contributed by atoms with van der Waals surface area (Å²) in [6.45, 7) is 2.00. The summed E-state index contributed by atoms with van der Waals surface area (Å²) in [6.07, 6.45) is 2.13. The van der Waals surface area contributed by atoms with Crippen LogP contribution in [0, 0.1) is 15.9 Å². The Labute approximate surface area is 134 Å². The quantitative estimate of drug-likeness (QED) is 0.546. The number of para-hydroxylation sites is 1. The highest BCUT2D eigenvalue weighted by Crippen LogP contribution is 2.26. The maximum absolute atomic E-state index is 13.5. The van der Waals surface area contributed by atoms with Crippen LogP contribution in [-0.4, -0.2) is 25.9 Å². The monoisotopic (exact) mass is 355 g/mol. The second-order valence-corrected chi connectivity index (χ2v) is 6.22. The van der Waals surface area contributed by atoms with Gasteiger partial charge in [-0.2, -0.15) is 4.39 Å². The first-order valence-corrected chi connectivity index (χ1v) is 7.97. The first-order valence-electron chi connectivity index (χ1n) is 6.48. The highest BCUT2D eigenvalue weighted by atomic mass is 35.5. The van der Waals surface area contributed by atoms with Gasteiger partial charge in [-0.15, -0.1) is 12.4 Å². The Morgan fingerprint density at radius 1 is 1.45 bits per heavy atom. The summed E-state index contributed by atoms with van der Waals surface area (Å²) >= 11 is 0. The lowest BCUT2D eigenvalue weighted by Crippen LogP contribution is -2.40. The molecular formula is C12H19ClFN3O4S. The second-order valence-electron chi connectivity index (χ2n) is 4.54. The van der Waals surface area contributed by atoms with Crippen LogP contribution >= 0.6 is 12.4 Å². The van der Waals surface area contributed by atoms with E-state index in [1.807, 2.05) is 6.92 Å². The largest absolute Gasteiger partial charge is 0.329 e. The van der Waals surface area contributed by atoms with E-state index in [9.17, 15) is 22.9 Å². The van der Waals surface area contributed by atoms with Gasteiger partial charge in [-0.3, -0.25) is 10.1 Å². The lowest BCUT2D eigenvalue weighted by atomic mass is 10.1. The van der Waals surface area contributed by atoms with Crippen LogP contribution < -0.4 is 10.5 Å². The van der Waals surface area contributed by atoms with Gasteiger partial charge in [-0.05, 0) is 18.6 Å². The van der Waals surface area contributed by atoms with Gasteiger partial charge in [0.2, 0.25) is 15.8 Å². The molecule has 0 aliphatic rings. The van der Waals surface area contributed by atoms with Gasteiger partial charge in [-0.1, -0.05) is 25.8 Å². The third kappa shape index (κ3) is 5.16. The van der Waals surface area contributed by atoms with Gasteiger partial charge < -0.3 is 5.73 Å². The van der Waals surface area contributed by atoms with Crippen molar-refractivity contribution in [1.29, 1.82) is 0 Å². The molecule has 10 heteroatoms. The van der Waals surface area contributed by atoms with Crippen LogP contribution in [0.2, 0.25) is 0 Å². The number of benzene rings is 1. The number of nitro benzene ring substituents is 1. The number of nitrogens with two attached hydrogens (primary N) is 1. The number of unbranched alkanes of at least 4 members (excludes halogenated alkanes) is 1. The molecule has 126 valence electrons. The lowest BCUT2D eigenvalue weighted by molar-refractivity contribution is -0.390. The minimum absolute atomic E-state index is 0. The summed E-state index contributed by atoms with van der Waals surface area (Å²) in [5.74, 6) is -1.19. The van der Waals surface area contributed by atoms with Crippen molar-refractivity contribution in [3.63, 3.8) is 0 Å². The van der Waals surface area contributed by atoms with Gasteiger partial charge in [0.15, 0.2) is 4.90 Å². The zero-order valence-corrected chi connectivity index (χ0v) is 13.6. The average molecular weight is 356 g/mol. The molecule has 22 heavy (non-hydrogen) atoms. The molecule has 0 saturated heterocycles. The minimum Gasteiger partial charge on any atom is -0.329 e. The Morgan fingerprint density at radius 3 is 2.59 bits per heavy atom. The third-order valence-corrected chi connectivity index (χ3v) is 4.49. The van der Waals surface area contributed by atoms with Gasteiger partial charge in [0.1, 0.15) is 0 Å². The van der Waals surface area contributed by atoms with Gasteiger partial charge in [0.05, 0.1) is 4.92 Å². The summed E-state index contributed by atoms with van der Waals surface area (Å²) < 4.78 is 40.2. The maximum Gasteiger partial charge on any atom is 0.324 e. The molecule has 0 heterocycles. The Morgan fingerprint density at radius 2 is 2.09 bits per heavy atom. The number of hydrogen-bond acceptors (Lipinski definition) is 5. The molecule has 0 spiro atoms. The van der Waals surface area contributed by atoms with Crippen molar-refractivity contribution in [1.82, 2.24) is 4.72 Å². The Bertz CT molecular complexity index is 612. The highest BCUT2D eigenvalue weighted by Gasteiger charge is 2.30. The first-order chi connectivity index (χ1) is 9.83. The number of nitrogens with zero attached hydrogens (tertiary/aromatic N) is 1. The van der Waals surface area contributed by atoms with Crippen LogP contribution in [0.4, 0.5) is 10.1 Å². The summed E-state index contributed by atoms with van der Waals surface area (Å²) in [6, 6.07) is 2.41. The zero-order chi connectivity index (χ0) is 16.0. The van der Waals surface area contributed by atoms with Gasteiger partial charge in [-0.25, -0.2) is 13.1 Å². The van der Waals surface area contributed by atoms with Crippen LogP contribution in [0.1, 0.15) is 26.2 Å². The standard InChI is InChI=1S/C12H18FN3O4S.ClH/c1-2-3-5-9(8-14)15-21(19,20)11-7-4-6-10(13)12(11)16(17)18;/h4,6-7,9,15H,2-3,5,8,14H2,1H3;1H. The van der Waals surface area contributed by atoms with Crippen molar-refractivity contribution in [2.24, 2.45) is 5.73 Å². The second kappa shape index (κ2) is 8.99. The van der Waals surface area contributed by atoms with E-state index in [0.717, 1.165) is 31.0 Å². The number of rotatable bonds is 8. The third-order valence-electron chi connectivity index (χ3n) is 2.93. The molecule has 1 unspecified atom stereocenters. The SMILES string of the molecule is CCCCC(CN)NS(=O)(=O)c1cccc(F)c1[N+](=O)[O-].Cl. The summed E-state index contributed by atoms with van der Waals surface area (Å²) in [4.78, 5) is 9.12. The molecule has 0 aliphatic carbocycles. The van der Waals surface area contributed by atoms with E-state index >= 15 is 0 Å². The van der Waals surface area contributed by atoms with Crippen LogP contribution in [0.3, 0.4) is 0 Å². The van der Waals surface area contributed by atoms with Crippen molar-refractivity contribution in [3.8, 4) is 0 Å². The minimum atomic E-state index is -4.21. The number of nitro groups is 1. The lowest BCUT2D eigenvalue weighted by Gasteiger charge is -2.16. The molecule has 1 rings (SSSR count). The number of hydrogen-bond donors (Lipinski definition) is 2. The van der Waals surface area contributed by atoms with Crippen LogP contribution in [0.25, 0.3) is 0 Å². The van der Waals surface area contributed by atoms with Crippen molar-refractivity contribution in [2.75, 3.05) is 6.54 Å². The topological polar surface area (TPSA) is 115 Å². The molecule has 0 radical (unpaired) electrons. The normalized spacial score (nSPS) is 12.5. The van der Waals surface area contributed by atoms with E-state index in [1.165, 1.54) is 0 Å². The van der Waals surface area contributed by atoms with E-state index < -0.39 is 37.4 Å². The van der Waals surface area contributed by atoms with Crippen LogP contribution in [0.15, 0.2) is 23.1 Å². The van der Waals surface area contributed by atoms with Gasteiger partial charge in [0.25, 0.3) is 0 Å². The fourth-order valence-electron chi connectivity index (χ4n) is 1.85. The number of sulfonamides is 1. The molecular weight excluding hydrogens is 337 g/mol. The Balaban J connectivity index is 0.00000441. The predicted molar refractivity (Wildman–Crippen MR) is 83.0 cm³/mol. The molecule has 0 fully saturated rings. The molecule has 0 bridgehead atoms. The predicted octanol–water partition coefficient (Wildman–Crippen LogP) is 1.95. The molecule has 1 atom stereocenters. The molecule has 0 saturated carbocycles. The van der Waals surface area contributed by atoms with E-state index in [1.54, 1.807) is 0 Å². The zero-order valence-electron chi connectivity index (χ0n) is 12.0. The van der Waals surface area contributed by atoms with E-state index in [4.69, 9.17) is 5.73 Å². The van der Waals surface area contributed by atoms with Crippen molar-refractivity contribution < 1.29 is 17.7 Å². The molecule has 0 aromatic heterocycles. The molecule has 0 aliphatic heterocycles. The van der Waals surface area contributed by atoms with E-state index in [0.29, 0.717) is 6.42 Å². The van der Waals surface area contributed by atoms with E-state index in [-0.39, 0.29) is 19.0 Å². The maximum atomic E-state index is 13.5. The molecule has 3 N–H and O–H groups in total. The summed E-state index contributed by atoms with van der Waals surface area (Å²) in [5.41, 5.74) is 4.43. The molecule has 1 aromatic rings. The van der Waals surface area contributed by atoms with E-state index in [2.05, 4.69) is 4.72 Å². The van der Waals surface area contributed by atoms with Crippen LogP contribution in [0.5, 0.6) is 0 Å². The molecule has 7 nitrogen and oxygen atoms in total. The van der Waals surface area contributed by atoms with Crippen molar-refractivity contribution >= 4 is 28.1 Å². The Hall–Kier alpha value is -1.29. The summed E-state index contributed by atoms with van der Waals surface area (Å²) in [5, 5.41) is 10.9. The van der Waals surface area contributed by atoms with Crippen molar-refractivity contribution in [3.05, 3.63) is 34.1 Å². The highest BCUT2D eigenvalue weighted by molar-refractivity contribution is 7.89. The van der Waals surface area contributed by atoms with Gasteiger partial charge in [0, 0.05) is 12.6 Å². The molecule has 1 aromatic carbocycles. The average Bonchev–Trinajstić information content (AvgIpc) is 2.42. The van der Waals surface area contributed by atoms with Crippen LogP contribution in [-0.2, 0) is 10.0 Å². The number of nitrogens with one attached hydrogen (secondary N) is 1. The fourth-order valence-corrected chi connectivity index (χ4v) is 3.31.